The summed E-state index contributed by atoms with van der Waals surface area (Å²) in [4.78, 5) is 10.4. The molecule has 0 radical (unpaired) electrons. The summed E-state index contributed by atoms with van der Waals surface area (Å²) in [6.07, 6.45) is 31.3. The maximum Gasteiger partial charge on any atom is 0.303 e. The molecule has 1 N–H and O–H groups in total. The zero-order valence-electron chi connectivity index (χ0n) is 17.4. The highest BCUT2D eigenvalue weighted by Crippen LogP contribution is 2.14. The molecule has 0 amide bonds. The minimum absolute atomic E-state index is 0.341. The molecule has 0 atom stereocenters. The van der Waals surface area contributed by atoms with E-state index in [4.69, 9.17) is 5.11 Å². The normalized spacial score (nSPS) is 11.7. The summed E-state index contributed by atoms with van der Waals surface area (Å²) in [5.41, 5.74) is 0. The van der Waals surface area contributed by atoms with Crippen LogP contribution in [-0.4, -0.2) is 11.1 Å². The molecule has 0 heterocycles. The topological polar surface area (TPSA) is 37.3 Å². The van der Waals surface area contributed by atoms with E-state index in [0.29, 0.717) is 6.42 Å². The van der Waals surface area contributed by atoms with E-state index in [1.807, 2.05) is 0 Å². The Balaban J connectivity index is 3.05. The van der Waals surface area contributed by atoms with Crippen molar-refractivity contribution in [2.24, 2.45) is 0 Å². The van der Waals surface area contributed by atoms with Crippen LogP contribution in [0.2, 0.25) is 0 Å². The van der Waals surface area contributed by atoms with E-state index in [0.717, 1.165) is 19.3 Å². The maximum absolute atomic E-state index is 10.4. The fourth-order valence-electron chi connectivity index (χ4n) is 3.27. The molecule has 0 bridgehead atoms. The molecular weight excluding hydrogens is 320 g/mol. The van der Waals surface area contributed by atoms with Crippen molar-refractivity contribution in [3.8, 4) is 0 Å². The minimum Gasteiger partial charge on any atom is -0.481 e. The second-order valence-electron chi connectivity index (χ2n) is 7.51. The van der Waals surface area contributed by atoms with Gasteiger partial charge in [0, 0.05) is 6.42 Å². The predicted molar refractivity (Wildman–Crippen MR) is 115 cm³/mol. The van der Waals surface area contributed by atoms with E-state index < -0.39 is 5.97 Å². The molecule has 152 valence electrons. The standard InChI is InChI=1S/C24H44O2/c1-2-3-4-5-6-7-8-9-10-11-12-13-14-15-16-17-18-19-20-21-22-23-24(25)26/h2-3,5-6H,4,7-23H2,1H3,(H,25,26). The molecule has 0 saturated heterocycles. The smallest absolute Gasteiger partial charge is 0.303 e. The molecule has 0 spiro atoms. The lowest BCUT2D eigenvalue weighted by atomic mass is 10.0. The summed E-state index contributed by atoms with van der Waals surface area (Å²) in [6.45, 7) is 2.07. The molecule has 0 aromatic carbocycles. The maximum atomic E-state index is 10.4. The summed E-state index contributed by atoms with van der Waals surface area (Å²) in [5.74, 6) is -0.655. The van der Waals surface area contributed by atoms with E-state index in [2.05, 4.69) is 31.2 Å². The summed E-state index contributed by atoms with van der Waals surface area (Å²) in [7, 11) is 0. The summed E-state index contributed by atoms with van der Waals surface area (Å²) in [5, 5.41) is 8.57. The van der Waals surface area contributed by atoms with Gasteiger partial charge in [-0.05, 0) is 32.6 Å². The van der Waals surface area contributed by atoms with Crippen LogP contribution in [0.25, 0.3) is 0 Å². The van der Waals surface area contributed by atoms with Crippen molar-refractivity contribution in [1.82, 2.24) is 0 Å². The number of rotatable bonds is 20. The van der Waals surface area contributed by atoms with Gasteiger partial charge in [0.15, 0.2) is 0 Å². The van der Waals surface area contributed by atoms with Crippen LogP contribution in [0.15, 0.2) is 24.3 Å². The Morgan fingerprint density at radius 2 is 1.04 bits per heavy atom. The molecule has 0 aromatic heterocycles. The van der Waals surface area contributed by atoms with Crippen LogP contribution in [0.5, 0.6) is 0 Å². The van der Waals surface area contributed by atoms with Gasteiger partial charge < -0.3 is 5.11 Å². The lowest BCUT2D eigenvalue weighted by Gasteiger charge is -2.03. The highest BCUT2D eigenvalue weighted by atomic mass is 16.4. The first kappa shape index (κ1) is 24.9. The summed E-state index contributed by atoms with van der Waals surface area (Å²) >= 11 is 0. The Morgan fingerprint density at radius 3 is 1.46 bits per heavy atom. The molecule has 0 saturated carbocycles. The zero-order chi connectivity index (χ0) is 19.1. The quantitative estimate of drug-likeness (QED) is 0.174. The molecule has 0 fully saturated rings. The van der Waals surface area contributed by atoms with E-state index in [-0.39, 0.29) is 0 Å². The lowest BCUT2D eigenvalue weighted by Crippen LogP contribution is -1.93. The molecule has 0 unspecified atom stereocenters. The minimum atomic E-state index is -0.655. The van der Waals surface area contributed by atoms with Crippen LogP contribution in [0.4, 0.5) is 0 Å². The molecule has 2 heteroatoms. The van der Waals surface area contributed by atoms with Crippen LogP contribution >= 0.6 is 0 Å². The van der Waals surface area contributed by atoms with Crippen molar-refractivity contribution < 1.29 is 9.90 Å². The third-order valence-electron chi connectivity index (χ3n) is 4.94. The van der Waals surface area contributed by atoms with Gasteiger partial charge >= 0.3 is 5.97 Å². The van der Waals surface area contributed by atoms with Gasteiger partial charge in [0.25, 0.3) is 0 Å². The molecule has 0 aromatic rings. The van der Waals surface area contributed by atoms with E-state index in [1.165, 1.54) is 89.9 Å². The first-order chi connectivity index (χ1) is 12.8. The van der Waals surface area contributed by atoms with Crippen LogP contribution in [0.3, 0.4) is 0 Å². The van der Waals surface area contributed by atoms with Crippen molar-refractivity contribution in [2.45, 2.75) is 122 Å². The van der Waals surface area contributed by atoms with Crippen molar-refractivity contribution in [2.75, 3.05) is 0 Å². The van der Waals surface area contributed by atoms with Crippen LogP contribution in [0.1, 0.15) is 122 Å². The van der Waals surface area contributed by atoms with Gasteiger partial charge in [-0.3, -0.25) is 4.79 Å². The molecule has 26 heavy (non-hydrogen) atoms. The Morgan fingerprint density at radius 1 is 0.615 bits per heavy atom. The average molecular weight is 365 g/mol. The van der Waals surface area contributed by atoms with Gasteiger partial charge in [-0.15, -0.1) is 0 Å². The van der Waals surface area contributed by atoms with Gasteiger partial charge in [-0.1, -0.05) is 108 Å². The number of carboxylic acid groups (broad SMARTS) is 1. The molecule has 0 aliphatic heterocycles. The first-order valence-corrected chi connectivity index (χ1v) is 11.3. The molecular formula is C24H44O2. The van der Waals surface area contributed by atoms with Crippen molar-refractivity contribution in [1.29, 1.82) is 0 Å². The Bertz CT molecular complexity index is 344. The number of unbranched alkanes of at least 4 members (excludes halogenated alkanes) is 15. The van der Waals surface area contributed by atoms with Gasteiger partial charge in [-0.2, -0.15) is 0 Å². The number of aliphatic carboxylic acids is 1. The van der Waals surface area contributed by atoms with E-state index in [1.54, 1.807) is 0 Å². The second-order valence-corrected chi connectivity index (χ2v) is 7.51. The van der Waals surface area contributed by atoms with Crippen molar-refractivity contribution >= 4 is 5.97 Å². The Kier molecular flexibility index (Phi) is 21.1. The van der Waals surface area contributed by atoms with E-state index in [9.17, 15) is 4.79 Å². The summed E-state index contributed by atoms with van der Waals surface area (Å²) < 4.78 is 0. The van der Waals surface area contributed by atoms with E-state index >= 15 is 0 Å². The number of carbonyl (C=O) groups is 1. The van der Waals surface area contributed by atoms with Gasteiger partial charge in [0.05, 0.1) is 0 Å². The number of allylic oxidation sites excluding steroid dienone is 4. The largest absolute Gasteiger partial charge is 0.481 e. The van der Waals surface area contributed by atoms with Crippen molar-refractivity contribution in [3.63, 3.8) is 0 Å². The first-order valence-electron chi connectivity index (χ1n) is 11.3. The van der Waals surface area contributed by atoms with Gasteiger partial charge in [-0.25, -0.2) is 0 Å². The van der Waals surface area contributed by atoms with Gasteiger partial charge in [0.2, 0.25) is 0 Å². The zero-order valence-corrected chi connectivity index (χ0v) is 17.4. The fourth-order valence-corrected chi connectivity index (χ4v) is 3.27. The van der Waals surface area contributed by atoms with Crippen molar-refractivity contribution in [3.05, 3.63) is 24.3 Å². The van der Waals surface area contributed by atoms with Crippen LogP contribution in [-0.2, 0) is 4.79 Å². The SMILES string of the molecule is CC=CCC=CCCCCCCCCCCCCCCCCCC(=O)O. The van der Waals surface area contributed by atoms with Crippen LogP contribution in [0, 0.1) is 0 Å². The average Bonchev–Trinajstić information content (AvgIpc) is 2.62. The highest BCUT2D eigenvalue weighted by Gasteiger charge is 1.97. The third-order valence-corrected chi connectivity index (χ3v) is 4.94. The van der Waals surface area contributed by atoms with Crippen LogP contribution < -0.4 is 0 Å². The Hall–Kier alpha value is -1.05. The number of hydrogen-bond donors (Lipinski definition) is 1. The fraction of sp³-hybridized carbons (Fsp3) is 0.792. The predicted octanol–water partition coefficient (Wildman–Crippen LogP) is 8.23. The Labute approximate surface area is 163 Å². The molecule has 0 aliphatic carbocycles. The third kappa shape index (κ3) is 22.9. The van der Waals surface area contributed by atoms with Gasteiger partial charge in [0.1, 0.15) is 0 Å². The second kappa shape index (κ2) is 22.0. The molecule has 2 nitrogen and oxygen atoms in total. The molecule has 0 rings (SSSR count). The molecule has 0 aliphatic rings. The lowest BCUT2D eigenvalue weighted by molar-refractivity contribution is -0.137. The number of hydrogen-bond acceptors (Lipinski definition) is 1. The number of carboxylic acids is 1. The highest BCUT2D eigenvalue weighted by molar-refractivity contribution is 5.66. The monoisotopic (exact) mass is 364 g/mol. The summed E-state index contributed by atoms with van der Waals surface area (Å²) in [6, 6.07) is 0.